The third-order valence-corrected chi connectivity index (χ3v) is 5.45. The molecular formula is C22H30N2O. The Labute approximate surface area is 151 Å². The van der Waals surface area contributed by atoms with Crippen LogP contribution < -0.4 is 4.74 Å². The summed E-state index contributed by atoms with van der Waals surface area (Å²) in [7, 11) is 0. The van der Waals surface area contributed by atoms with Crippen molar-refractivity contribution in [3.8, 4) is 17.1 Å². The van der Waals surface area contributed by atoms with Crippen LogP contribution in [0.5, 0.6) is 5.75 Å². The number of ether oxygens (including phenoxy) is 1. The molecule has 0 unspecified atom stereocenters. The van der Waals surface area contributed by atoms with E-state index in [-0.39, 0.29) is 0 Å². The van der Waals surface area contributed by atoms with E-state index in [2.05, 4.69) is 23.8 Å². The zero-order valence-corrected chi connectivity index (χ0v) is 15.6. The Kier molecular flexibility index (Phi) is 6.43. The largest absolute Gasteiger partial charge is 0.494 e. The Bertz CT molecular complexity index is 628. The molecule has 134 valence electrons. The van der Waals surface area contributed by atoms with Crippen LogP contribution in [0.15, 0.2) is 36.7 Å². The predicted molar refractivity (Wildman–Crippen MR) is 103 cm³/mol. The van der Waals surface area contributed by atoms with Crippen molar-refractivity contribution in [3.63, 3.8) is 0 Å². The van der Waals surface area contributed by atoms with Gasteiger partial charge in [-0.15, -0.1) is 0 Å². The normalized spacial score (nSPS) is 20.4. The van der Waals surface area contributed by atoms with Crippen LogP contribution in [-0.2, 0) is 0 Å². The van der Waals surface area contributed by atoms with Crippen molar-refractivity contribution in [2.75, 3.05) is 6.61 Å². The van der Waals surface area contributed by atoms with Crippen molar-refractivity contribution in [3.05, 3.63) is 42.2 Å². The highest BCUT2D eigenvalue weighted by Crippen LogP contribution is 2.36. The topological polar surface area (TPSA) is 35.0 Å². The molecular weight excluding hydrogens is 308 g/mol. The second-order valence-electron chi connectivity index (χ2n) is 7.19. The molecule has 0 spiro atoms. The van der Waals surface area contributed by atoms with Crippen molar-refractivity contribution in [2.24, 2.45) is 5.92 Å². The maximum atomic E-state index is 5.71. The standard InChI is InChI=1S/C22H30N2O/c1-3-5-14-25-21-12-10-19(11-13-21)22-23-15-20(16-24-22)18-8-6-17(4-2)7-9-18/h10-13,15-18H,3-9,14H2,1-2H3. The molecule has 0 saturated heterocycles. The minimum atomic E-state index is 0.645. The number of hydrogen-bond acceptors (Lipinski definition) is 3. The molecule has 3 nitrogen and oxygen atoms in total. The molecule has 0 radical (unpaired) electrons. The molecule has 1 aromatic heterocycles. The van der Waals surface area contributed by atoms with E-state index in [4.69, 9.17) is 4.74 Å². The van der Waals surface area contributed by atoms with Gasteiger partial charge in [0.25, 0.3) is 0 Å². The number of hydrogen-bond donors (Lipinski definition) is 0. The average Bonchev–Trinajstić information content (AvgIpc) is 2.69. The van der Waals surface area contributed by atoms with Gasteiger partial charge in [0, 0.05) is 18.0 Å². The van der Waals surface area contributed by atoms with Gasteiger partial charge in [-0.3, -0.25) is 0 Å². The van der Waals surface area contributed by atoms with E-state index in [9.17, 15) is 0 Å². The van der Waals surface area contributed by atoms with E-state index in [1.165, 1.54) is 37.7 Å². The summed E-state index contributed by atoms with van der Waals surface area (Å²) in [5.41, 5.74) is 2.35. The molecule has 1 aliphatic rings. The second-order valence-corrected chi connectivity index (χ2v) is 7.19. The molecule has 0 N–H and O–H groups in total. The second kappa shape index (κ2) is 8.98. The van der Waals surface area contributed by atoms with Gasteiger partial charge in [0.1, 0.15) is 5.75 Å². The van der Waals surface area contributed by atoms with Crippen molar-refractivity contribution in [2.45, 2.75) is 64.7 Å². The van der Waals surface area contributed by atoms with Crippen molar-refractivity contribution < 1.29 is 4.74 Å². The molecule has 3 heteroatoms. The zero-order valence-electron chi connectivity index (χ0n) is 15.6. The van der Waals surface area contributed by atoms with Crippen LogP contribution in [0.25, 0.3) is 11.4 Å². The molecule has 0 aliphatic heterocycles. The maximum absolute atomic E-state index is 5.71. The summed E-state index contributed by atoms with van der Waals surface area (Å²) < 4.78 is 5.71. The van der Waals surface area contributed by atoms with Crippen LogP contribution in [0, 0.1) is 5.92 Å². The Hall–Kier alpha value is -1.90. The highest BCUT2D eigenvalue weighted by atomic mass is 16.5. The summed E-state index contributed by atoms with van der Waals surface area (Å²) >= 11 is 0. The molecule has 1 heterocycles. The Morgan fingerprint density at radius 3 is 2.24 bits per heavy atom. The van der Waals surface area contributed by atoms with Crippen LogP contribution in [0.1, 0.15) is 70.3 Å². The molecule has 0 bridgehead atoms. The average molecular weight is 338 g/mol. The lowest BCUT2D eigenvalue weighted by molar-refractivity contribution is 0.309. The lowest BCUT2D eigenvalue weighted by atomic mass is 9.78. The van der Waals surface area contributed by atoms with Crippen molar-refractivity contribution in [1.82, 2.24) is 9.97 Å². The van der Waals surface area contributed by atoms with Gasteiger partial charge < -0.3 is 4.74 Å². The molecule has 0 amide bonds. The summed E-state index contributed by atoms with van der Waals surface area (Å²) in [6, 6.07) is 8.11. The smallest absolute Gasteiger partial charge is 0.159 e. The summed E-state index contributed by atoms with van der Waals surface area (Å²) in [4.78, 5) is 9.23. The van der Waals surface area contributed by atoms with Crippen molar-refractivity contribution in [1.29, 1.82) is 0 Å². The first-order valence-electron chi connectivity index (χ1n) is 9.85. The lowest BCUT2D eigenvalue weighted by Crippen LogP contribution is -2.13. The quantitative estimate of drug-likeness (QED) is 0.580. The molecule has 25 heavy (non-hydrogen) atoms. The zero-order chi connectivity index (χ0) is 17.5. The fourth-order valence-electron chi connectivity index (χ4n) is 3.64. The molecule has 1 aliphatic carbocycles. The number of nitrogens with zero attached hydrogens (tertiary/aromatic N) is 2. The fraction of sp³-hybridized carbons (Fsp3) is 0.545. The first-order valence-corrected chi connectivity index (χ1v) is 9.85. The van der Waals surface area contributed by atoms with Gasteiger partial charge in [0.05, 0.1) is 6.61 Å². The molecule has 1 saturated carbocycles. The van der Waals surface area contributed by atoms with Gasteiger partial charge in [0.2, 0.25) is 0 Å². The van der Waals surface area contributed by atoms with Gasteiger partial charge in [-0.2, -0.15) is 0 Å². The molecule has 1 aromatic carbocycles. The van der Waals surface area contributed by atoms with Crippen LogP contribution >= 0.6 is 0 Å². The predicted octanol–water partition coefficient (Wildman–Crippen LogP) is 6.01. The first-order chi connectivity index (χ1) is 12.3. The number of aromatic nitrogens is 2. The summed E-state index contributed by atoms with van der Waals surface area (Å²) in [6.45, 7) is 5.26. The summed E-state index contributed by atoms with van der Waals surface area (Å²) in [6.07, 6.45) is 12.9. The number of rotatable bonds is 7. The fourth-order valence-corrected chi connectivity index (χ4v) is 3.64. The van der Waals surface area contributed by atoms with E-state index >= 15 is 0 Å². The number of unbranched alkanes of at least 4 members (excludes halogenated alkanes) is 1. The van der Waals surface area contributed by atoms with Crippen LogP contribution in [0.3, 0.4) is 0 Å². The molecule has 3 rings (SSSR count). The van der Waals surface area contributed by atoms with Crippen molar-refractivity contribution >= 4 is 0 Å². The van der Waals surface area contributed by atoms with Gasteiger partial charge >= 0.3 is 0 Å². The van der Waals surface area contributed by atoms with E-state index < -0.39 is 0 Å². The Morgan fingerprint density at radius 2 is 1.64 bits per heavy atom. The molecule has 1 fully saturated rings. The third kappa shape index (κ3) is 4.81. The highest BCUT2D eigenvalue weighted by Gasteiger charge is 2.21. The maximum Gasteiger partial charge on any atom is 0.159 e. The van der Waals surface area contributed by atoms with Crippen LogP contribution in [0.4, 0.5) is 0 Å². The van der Waals surface area contributed by atoms with Gasteiger partial charge in [-0.05, 0) is 73.8 Å². The van der Waals surface area contributed by atoms with E-state index in [0.29, 0.717) is 5.92 Å². The van der Waals surface area contributed by atoms with Gasteiger partial charge in [-0.25, -0.2) is 9.97 Å². The Balaban J connectivity index is 1.60. The molecule has 2 aromatic rings. The molecule has 0 atom stereocenters. The Morgan fingerprint density at radius 1 is 0.960 bits per heavy atom. The number of benzene rings is 1. The lowest BCUT2D eigenvalue weighted by Gasteiger charge is -2.27. The van der Waals surface area contributed by atoms with Crippen LogP contribution in [-0.4, -0.2) is 16.6 Å². The van der Waals surface area contributed by atoms with E-state index in [1.54, 1.807) is 0 Å². The monoisotopic (exact) mass is 338 g/mol. The van der Waals surface area contributed by atoms with Crippen LogP contribution in [0.2, 0.25) is 0 Å². The summed E-state index contributed by atoms with van der Waals surface area (Å²) in [5, 5.41) is 0. The SMILES string of the molecule is CCCCOc1ccc(-c2ncc(C3CCC(CC)CC3)cn2)cc1. The minimum absolute atomic E-state index is 0.645. The first kappa shape index (κ1) is 17.9. The van der Waals surface area contributed by atoms with Gasteiger partial charge in [0.15, 0.2) is 5.82 Å². The van der Waals surface area contributed by atoms with Gasteiger partial charge in [-0.1, -0.05) is 26.7 Å². The minimum Gasteiger partial charge on any atom is -0.494 e. The summed E-state index contributed by atoms with van der Waals surface area (Å²) in [5.74, 6) is 3.29. The van der Waals surface area contributed by atoms with E-state index in [1.807, 2.05) is 36.7 Å². The van der Waals surface area contributed by atoms with E-state index in [0.717, 1.165) is 42.5 Å². The third-order valence-electron chi connectivity index (χ3n) is 5.45. The highest BCUT2D eigenvalue weighted by molar-refractivity contribution is 5.56.